The van der Waals surface area contributed by atoms with Crippen LogP contribution in [0.1, 0.15) is 11.5 Å². The molecule has 1 N–H and O–H groups in total. The molecule has 2 rings (SSSR count). The average molecular weight is 249 g/mol. The van der Waals surface area contributed by atoms with Crippen LogP contribution in [0.15, 0.2) is 12.3 Å². The lowest BCUT2D eigenvalue weighted by atomic mass is 10.2. The molecule has 0 amide bonds. The second-order valence-corrected chi connectivity index (χ2v) is 5.12. The van der Waals surface area contributed by atoms with Gasteiger partial charge < -0.3 is 10.2 Å². The van der Waals surface area contributed by atoms with Crippen LogP contribution in [0.25, 0.3) is 0 Å². The Kier molecular flexibility index (Phi) is 4.63. The molecule has 5 nitrogen and oxygen atoms in total. The van der Waals surface area contributed by atoms with E-state index in [-0.39, 0.29) is 0 Å². The Hall–Kier alpha value is -1.04. The summed E-state index contributed by atoms with van der Waals surface area (Å²) in [6.07, 6.45) is 1.82. The summed E-state index contributed by atoms with van der Waals surface area (Å²) in [5.74, 6) is 0.837. The van der Waals surface area contributed by atoms with Crippen LogP contribution in [-0.4, -0.2) is 66.1 Å². The maximum Gasteiger partial charge on any atom is 0.125 e. The van der Waals surface area contributed by atoms with Crippen molar-refractivity contribution in [3.63, 3.8) is 0 Å². The first kappa shape index (κ1) is 13.4. The van der Waals surface area contributed by atoms with Gasteiger partial charge in [-0.25, -0.2) is 9.97 Å². The van der Waals surface area contributed by atoms with Gasteiger partial charge in [-0.05, 0) is 27.1 Å². The second-order valence-electron chi connectivity index (χ2n) is 5.12. The molecule has 0 bridgehead atoms. The van der Waals surface area contributed by atoms with Gasteiger partial charge in [-0.2, -0.15) is 0 Å². The van der Waals surface area contributed by atoms with Crippen molar-refractivity contribution in [1.29, 1.82) is 0 Å². The number of nitrogens with zero attached hydrogens (tertiary/aromatic N) is 4. The topological polar surface area (TPSA) is 44.3 Å². The van der Waals surface area contributed by atoms with Crippen LogP contribution in [0.3, 0.4) is 0 Å². The van der Waals surface area contributed by atoms with Gasteiger partial charge in [0, 0.05) is 45.0 Å². The van der Waals surface area contributed by atoms with E-state index in [2.05, 4.69) is 39.2 Å². The molecule has 1 aromatic heterocycles. The van der Waals surface area contributed by atoms with E-state index in [4.69, 9.17) is 0 Å². The number of hydrogen-bond acceptors (Lipinski definition) is 5. The van der Waals surface area contributed by atoms with Crippen LogP contribution < -0.4 is 5.32 Å². The van der Waals surface area contributed by atoms with E-state index in [0.717, 1.165) is 44.2 Å². The first-order valence-corrected chi connectivity index (χ1v) is 6.53. The van der Waals surface area contributed by atoms with Crippen molar-refractivity contribution in [3.8, 4) is 0 Å². The van der Waals surface area contributed by atoms with Gasteiger partial charge in [0.25, 0.3) is 0 Å². The minimum absolute atomic E-state index is 0.590. The molecule has 1 saturated heterocycles. The standard InChI is InChI=1S/C13H23N5/c1-11-15-5-4-12(16-11)8-14-9-13-10-17(2)6-7-18(13)3/h4-5,13-14H,6-10H2,1-3H3. The molecule has 2 heterocycles. The van der Waals surface area contributed by atoms with Crippen molar-refractivity contribution in [1.82, 2.24) is 25.1 Å². The summed E-state index contributed by atoms with van der Waals surface area (Å²) in [5.41, 5.74) is 1.06. The summed E-state index contributed by atoms with van der Waals surface area (Å²) in [6, 6.07) is 2.56. The lowest BCUT2D eigenvalue weighted by Gasteiger charge is -2.37. The van der Waals surface area contributed by atoms with Crippen molar-refractivity contribution < 1.29 is 0 Å². The van der Waals surface area contributed by atoms with Gasteiger partial charge in [0.1, 0.15) is 5.82 Å². The summed E-state index contributed by atoms with van der Waals surface area (Å²) >= 11 is 0. The predicted molar refractivity (Wildman–Crippen MR) is 72.4 cm³/mol. The Morgan fingerprint density at radius 1 is 1.39 bits per heavy atom. The van der Waals surface area contributed by atoms with Crippen molar-refractivity contribution in [2.45, 2.75) is 19.5 Å². The van der Waals surface area contributed by atoms with E-state index in [0.29, 0.717) is 6.04 Å². The number of likely N-dealkylation sites (N-methyl/N-ethyl adjacent to an activating group) is 2. The van der Waals surface area contributed by atoms with Crippen LogP contribution >= 0.6 is 0 Å². The van der Waals surface area contributed by atoms with E-state index in [1.807, 2.05) is 19.2 Å². The van der Waals surface area contributed by atoms with Crippen LogP contribution in [0.2, 0.25) is 0 Å². The Bertz CT molecular complexity index is 381. The number of hydrogen-bond donors (Lipinski definition) is 1. The number of piperazine rings is 1. The second kappa shape index (κ2) is 6.22. The highest BCUT2D eigenvalue weighted by atomic mass is 15.3. The molecule has 0 aromatic carbocycles. The molecule has 1 aliphatic heterocycles. The summed E-state index contributed by atoms with van der Waals surface area (Å²) in [6.45, 7) is 7.19. The number of nitrogens with one attached hydrogen (secondary N) is 1. The van der Waals surface area contributed by atoms with Crippen molar-refractivity contribution in [2.75, 3.05) is 40.3 Å². The van der Waals surface area contributed by atoms with Crippen molar-refractivity contribution in [3.05, 3.63) is 23.8 Å². The van der Waals surface area contributed by atoms with Crippen molar-refractivity contribution >= 4 is 0 Å². The van der Waals surface area contributed by atoms with Gasteiger partial charge in [0.15, 0.2) is 0 Å². The Morgan fingerprint density at radius 3 is 3.00 bits per heavy atom. The zero-order chi connectivity index (χ0) is 13.0. The molecule has 1 aromatic rings. The molecule has 1 unspecified atom stereocenters. The number of rotatable bonds is 4. The molecule has 1 fully saturated rings. The number of aryl methyl sites for hydroxylation is 1. The van der Waals surface area contributed by atoms with E-state index < -0.39 is 0 Å². The monoisotopic (exact) mass is 249 g/mol. The molecular formula is C13H23N5. The molecule has 1 aliphatic rings. The van der Waals surface area contributed by atoms with Crippen LogP contribution in [0, 0.1) is 6.92 Å². The average Bonchev–Trinajstić information content (AvgIpc) is 2.34. The first-order chi connectivity index (χ1) is 8.65. The maximum atomic E-state index is 4.39. The summed E-state index contributed by atoms with van der Waals surface area (Å²) in [7, 11) is 4.39. The van der Waals surface area contributed by atoms with Gasteiger partial charge in [-0.3, -0.25) is 4.90 Å². The Balaban J connectivity index is 1.77. The predicted octanol–water partition coefficient (Wildman–Crippen LogP) is 0.120. The first-order valence-electron chi connectivity index (χ1n) is 6.53. The van der Waals surface area contributed by atoms with Crippen molar-refractivity contribution in [2.24, 2.45) is 0 Å². The summed E-state index contributed by atoms with van der Waals surface area (Å²) in [5, 5.41) is 3.49. The van der Waals surface area contributed by atoms with Gasteiger partial charge in [-0.1, -0.05) is 0 Å². The van der Waals surface area contributed by atoms with Gasteiger partial charge >= 0.3 is 0 Å². The molecule has 5 heteroatoms. The highest BCUT2D eigenvalue weighted by Crippen LogP contribution is 2.05. The molecule has 18 heavy (non-hydrogen) atoms. The van der Waals surface area contributed by atoms with Crippen LogP contribution in [0.4, 0.5) is 0 Å². The van der Waals surface area contributed by atoms with E-state index in [1.54, 1.807) is 0 Å². The number of aromatic nitrogens is 2. The normalized spacial score (nSPS) is 22.3. The third-order valence-corrected chi connectivity index (χ3v) is 3.50. The lowest BCUT2D eigenvalue weighted by molar-refractivity contribution is 0.113. The fourth-order valence-electron chi connectivity index (χ4n) is 2.29. The molecular weight excluding hydrogens is 226 g/mol. The zero-order valence-corrected chi connectivity index (χ0v) is 11.6. The van der Waals surface area contributed by atoms with E-state index >= 15 is 0 Å². The van der Waals surface area contributed by atoms with E-state index in [9.17, 15) is 0 Å². The maximum absolute atomic E-state index is 4.39. The van der Waals surface area contributed by atoms with Crippen LogP contribution in [0.5, 0.6) is 0 Å². The third-order valence-electron chi connectivity index (χ3n) is 3.50. The highest BCUT2D eigenvalue weighted by molar-refractivity contribution is 5.01. The molecule has 0 spiro atoms. The lowest BCUT2D eigenvalue weighted by Crippen LogP contribution is -2.53. The Morgan fingerprint density at radius 2 is 2.22 bits per heavy atom. The van der Waals surface area contributed by atoms with Gasteiger partial charge in [0.05, 0.1) is 5.69 Å². The van der Waals surface area contributed by atoms with Gasteiger partial charge in [0.2, 0.25) is 0 Å². The highest BCUT2D eigenvalue weighted by Gasteiger charge is 2.21. The van der Waals surface area contributed by atoms with Gasteiger partial charge in [-0.15, -0.1) is 0 Å². The van der Waals surface area contributed by atoms with Crippen LogP contribution in [-0.2, 0) is 6.54 Å². The molecule has 100 valence electrons. The molecule has 1 atom stereocenters. The molecule has 0 radical (unpaired) electrons. The van der Waals surface area contributed by atoms with E-state index in [1.165, 1.54) is 0 Å². The summed E-state index contributed by atoms with van der Waals surface area (Å²) < 4.78 is 0. The minimum atomic E-state index is 0.590. The largest absolute Gasteiger partial charge is 0.310 e. The zero-order valence-electron chi connectivity index (χ0n) is 11.6. The fraction of sp³-hybridized carbons (Fsp3) is 0.692. The smallest absolute Gasteiger partial charge is 0.125 e. The fourth-order valence-corrected chi connectivity index (χ4v) is 2.29. The molecule has 0 aliphatic carbocycles. The minimum Gasteiger partial charge on any atom is -0.310 e. The SMILES string of the molecule is Cc1nccc(CNCC2CN(C)CCN2C)n1. The summed E-state index contributed by atoms with van der Waals surface area (Å²) in [4.78, 5) is 13.3. The Labute approximate surface area is 109 Å². The quantitative estimate of drug-likeness (QED) is 0.821. The molecule has 0 saturated carbocycles. The third kappa shape index (κ3) is 3.73.